The van der Waals surface area contributed by atoms with Crippen molar-refractivity contribution in [1.82, 2.24) is 19.7 Å². The van der Waals surface area contributed by atoms with Crippen LogP contribution in [0.3, 0.4) is 0 Å². The molecular formula is C28H26N6O2. The summed E-state index contributed by atoms with van der Waals surface area (Å²) in [5.74, 6) is 6.48. The lowest BCUT2D eigenvalue weighted by atomic mass is 10.0. The van der Waals surface area contributed by atoms with Crippen LogP contribution in [0.1, 0.15) is 47.9 Å². The van der Waals surface area contributed by atoms with Crippen molar-refractivity contribution in [2.75, 3.05) is 17.6 Å². The van der Waals surface area contributed by atoms with Gasteiger partial charge in [-0.1, -0.05) is 49.1 Å². The number of benzene rings is 2. The Kier molecular flexibility index (Phi) is 6.05. The Hall–Kier alpha value is -4.77. The second-order valence-electron chi connectivity index (χ2n) is 8.48. The maximum atomic E-state index is 13.9. The van der Waals surface area contributed by atoms with Gasteiger partial charge in [-0.05, 0) is 42.7 Å². The van der Waals surface area contributed by atoms with Gasteiger partial charge in [0.05, 0.1) is 11.4 Å². The van der Waals surface area contributed by atoms with Gasteiger partial charge >= 0.3 is 0 Å². The van der Waals surface area contributed by atoms with Gasteiger partial charge in [0.25, 0.3) is 11.5 Å². The molecule has 36 heavy (non-hydrogen) atoms. The van der Waals surface area contributed by atoms with Gasteiger partial charge in [-0.2, -0.15) is 0 Å². The van der Waals surface area contributed by atoms with Crippen molar-refractivity contribution in [1.29, 1.82) is 0 Å². The molecule has 0 saturated carbocycles. The van der Waals surface area contributed by atoms with E-state index in [1.54, 1.807) is 15.4 Å². The van der Waals surface area contributed by atoms with Gasteiger partial charge in [0.1, 0.15) is 11.4 Å². The third-order valence-corrected chi connectivity index (χ3v) is 6.08. The Morgan fingerprint density at radius 1 is 1.22 bits per heavy atom. The molecule has 5 rings (SSSR count). The van der Waals surface area contributed by atoms with E-state index in [1.807, 2.05) is 74.5 Å². The third kappa shape index (κ3) is 4.01. The minimum atomic E-state index is -0.519. The summed E-state index contributed by atoms with van der Waals surface area (Å²) in [6.07, 6.45) is 4.34. The fraction of sp³-hybridized carbons (Fsp3) is 0.179. The van der Waals surface area contributed by atoms with Gasteiger partial charge in [-0.3, -0.25) is 14.2 Å². The molecule has 0 fully saturated rings. The standard InChI is InChI=1S/C28H26N6O2/c1-3-4-10-19-11-8-12-20-17-22(34(28(36)23(19)20)21-13-6-5-7-14-21)18(2)31-27(35)24-25(29)32-33-16-9-15-30-26(24)33/h5-9,11-14,16-18,30H,3,15H2,1-2H3,(H2,29,32)(H,31,35). The first-order valence-corrected chi connectivity index (χ1v) is 11.8. The van der Waals surface area contributed by atoms with Crippen LogP contribution in [0.4, 0.5) is 11.6 Å². The molecule has 2 aromatic carbocycles. The molecule has 8 heteroatoms. The lowest BCUT2D eigenvalue weighted by Crippen LogP contribution is -2.33. The van der Waals surface area contributed by atoms with Crippen molar-refractivity contribution in [3.05, 3.63) is 87.8 Å². The molecule has 2 aromatic heterocycles. The summed E-state index contributed by atoms with van der Waals surface area (Å²) in [4.78, 5) is 27.3. The fourth-order valence-electron chi connectivity index (χ4n) is 4.44. The minimum Gasteiger partial charge on any atom is -0.381 e. The molecule has 0 radical (unpaired) electrons. The predicted octanol–water partition coefficient (Wildman–Crippen LogP) is 3.92. The van der Waals surface area contributed by atoms with E-state index in [-0.39, 0.29) is 22.8 Å². The SMILES string of the molecule is CCC#Cc1cccc2cc(C(C)NC(=O)c3c(N)nn4c3NCC=C4)n(-c3ccccc3)c(=O)c12. The van der Waals surface area contributed by atoms with E-state index in [9.17, 15) is 9.59 Å². The van der Waals surface area contributed by atoms with Crippen LogP contribution >= 0.6 is 0 Å². The van der Waals surface area contributed by atoms with Crippen molar-refractivity contribution in [2.45, 2.75) is 26.3 Å². The number of pyridine rings is 1. The number of rotatable bonds is 4. The Bertz CT molecular complexity index is 1620. The summed E-state index contributed by atoms with van der Waals surface area (Å²) in [6.45, 7) is 4.39. The summed E-state index contributed by atoms with van der Waals surface area (Å²) in [5.41, 5.74) is 8.19. The van der Waals surface area contributed by atoms with E-state index >= 15 is 0 Å². The van der Waals surface area contributed by atoms with E-state index in [2.05, 4.69) is 27.6 Å². The number of aromatic nitrogens is 3. The first kappa shape index (κ1) is 23.0. The van der Waals surface area contributed by atoms with Crippen LogP contribution in [0.2, 0.25) is 0 Å². The van der Waals surface area contributed by atoms with Gasteiger partial charge in [0, 0.05) is 36.1 Å². The van der Waals surface area contributed by atoms with Crippen molar-refractivity contribution in [2.24, 2.45) is 0 Å². The summed E-state index contributed by atoms with van der Waals surface area (Å²) < 4.78 is 3.19. The lowest BCUT2D eigenvalue weighted by molar-refractivity contribution is 0.0940. The van der Waals surface area contributed by atoms with E-state index in [0.717, 1.165) is 5.39 Å². The van der Waals surface area contributed by atoms with E-state index < -0.39 is 6.04 Å². The smallest absolute Gasteiger partial charge is 0.264 e. The molecule has 0 spiro atoms. The molecular weight excluding hydrogens is 452 g/mol. The highest BCUT2D eigenvalue weighted by molar-refractivity contribution is 6.04. The molecule has 4 N–H and O–H groups in total. The maximum absolute atomic E-state index is 13.9. The molecule has 0 aliphatic carbocycles. The number of hydrogen-bond donors (Lipinski definition) is 3. The summed E-state index contributed by atoms with van der Waals surface area (Å²) in [7, 11) is 0. The number of fused-ring (bicyclic) bond motifs is 2. The number of hydrogen-bond acceptors (Lipinski definition) is 5. The average Bonchev–Trinajstić information content (AvgIpc) is 3.23. The number of nitrogens with two attached hydrogens (primary N) is 1. The molecule has 180 valence electrons. The van der Waals surface area contributed by atoms with E-state index in [0.29, 0.717) is 41.1 Å². The van der Waals surface area contributed by atoms with Crippen molar-refractivity contribution < 1.29 is 4.79 Å². The highest BCUT2D eigenvalue weighted by atomic mass is 16.2. The van der Waals surface area contributed by atoms with Gasteiger partial charge in [-0.15, -0.1) is 5.10 Å². The van der Waals surface area contributed by atoms with Crippen molar-refractivity contribution in [3.8, 4) is 17.5 Å². The highest BCUT2D eigenvalue weighted by Crippen LogP contribution is 2.27. The van der Waals surface area contributed by atoms with E-state index in [4.69, 9.17) is 5.73 Å². The summed E-state index contributed by atoms with van der Waals surface area (Å²) in [6, 6.07) is 16.4. The number of carbonyl (C=O) groups is 1. The first-order valence-electron chi connectivity index (χ1n) is 11.8. The molecule has 0 saturated heterocycles. The van der Waals surface area contributed by atoms with Gasteiger partial charge in [0.2, 0.25) is 0 Å². The second kappa shape index (κ2) is 9.47. The van der Waals surface area contributed by atoms with Crippen LogP contribution < -0.4 is 21.9 Å². The largest absolute Gasteiger partial charge is 0.381 e. The quantitative estimate of drug-likeness (QED) is 0.386. The lowest BCUT2D eigenvalue weighted by Gasteiger charge is -2.21. The van der Waals surface area contributed by atoms with Crippen molar-refractivity contribution in [3.63, 3.8) is 0 Å². The molecule has 4 aromatic rings. The van der Waals surface area contributed by atoms with Crippen LogP contribution in [0.25, 0.3) is 22.7 Å². The highest BCUT2D eigenvalue weighted by Gasteiger charge is 2.26. The number of para-hydroxylation sites is 1. The topological polar surface area (TPSA) is 107 Å². The molecule has 1 aliphatic heterocycles. The third-order valence-electron chi connectivity index (χ3n) is 6.08. The Morgan fingerprint density at radius 2 is 2.03 bits per heavy atom. The first-order chi connectivity index (χ1) is 17.5. The molecule has 1 amide bonds. The normalized spacial score (nSPS) is 12.8. The molecule has 0 bridgehead atoms. The van der Waals surface area contributed by atoms with Crippen LogP contribution in [-0.4, -0.2) is 26.8 Å². The zero-order chi connectivity index (χ0) is 25.2. The second-order valence-corrected chi connectivity index (χ2v) is 8.48. The molecule has 1 aliphatic rings. The Labute approximate surface area is 208 Å². The number of carbonyl (C=O) groups excluding carboxylic acids is 1. The Balaban J connectivity index is 1.63. The zero-order valence-corrected chi connectivity index (χ0v) is 20.1. The summed E-state index contributed by atoms with van der Waals surface area (Å²) >= 11 is 0. The van der Waals surface area contributed by atoms with Crippen LogP contribution in [0.15, 0.2) is 65.5 Å². The number of nitrogens with zero attached hydrogens (tertiary/aromatic N) is 3. The van der Waals surface area contributed by atoms with Gasteiger partial charge < -0.3 is 16.4 Å². The molecule has 1 unspecified atom stereocenters. The zero-order valence-electron chi connectivity index (χ0n) is 20.1. The van der Waals surface area contributed by atoms with Crippen LogP contribution in [0.5, 0.6) is 0 Å². The van der Waals surface area contributed by atoms with Crippen molar-refractivity contribution >= 4 is 34.5 Å². The van der Waals surface area contributed by atoms with Crippen LogP contribution in [-0.2, 0) is 0 Å². The predicted molar refractivity (Wildman–Crippen MR) is 143 cm³/mol. The average molecular weight is 479 g/mol. The monoisotopic (exact) mass is 478 g/mol. The number of nitrogens with one attached hydrogen (secondary N) is 2. The number of nitrogen functional groups attached to an aromatic ring is 1. The van der Waals surface area contributed by atoms with E-state index in [1.165, 1.54) is 0 Å². The van der Waals surface area contributed by atoms with Crippen LogP contribution in [0, 0.1) is 11.8 Å². The minimum absolute atomic E-state index is 0.131. The summed E-state index contributed by atoms with van der Waals surface area (Å²) in [5, 5.41) is 11.7. The fourth-order valence-corrected chi connectivity index (χ4v) is 4.44. The molecule has 1 atom stereocenters. The number of anilines is 2. The Morgan fingerprint density at radius 3 is 2.81 bits per heavy atom. The molecule has 8 nitrogen and oxygen atoms in total. The number of amides is 1. The van der Waals surface area contributed by atoms with Gasteiger partial charge in [0.15, 0.2) is 5.82 Å². The van der Waals surface area contributed by atoms with Gasteiger partial charge in [-0.25, -0.2) is 4.68 Å². The maximum Gasteiger partial charge on any atom is 0.264 e. The molecule has 3 heterocycles.